The van der Waals surface area contributed by atoms with Crippen molar-refractivity contribution in [2.24, 2.45) is 0 Å². The largest absolute Gasteiger partial charge is 0.455 e. The van der Waals surface area contributed by atoms with E-state index in [2.05, 4.69) is 10.5 Å². The van der Waals surface area contributed by atoms with E-state index >= 15 is 0 Å². The second-order valence-electron chi connectivity index (χ2n) is 4.27. The third kappa shape index (κ3) is 3.68. The number of nitrogens with zero attached hydrogens (tertiary/aromatic N) is 1. The summed E-state index contributed by atoms with van der Waals surface area (Å²) in [6.07, 6.45) is 0. The van der Waals surface area contributed by atoms with Crippen LogP contribution < -0.4 is 5.32 Å². The Bertz CT molecular complexity index is 634. The molecule has 1 amide bonds. The van der Waals surface area contributed by atoms with Gasteiger partial charge in [0.25, 0.3) is 0 Å². The Labute approximate surface area is 115 Å². The summed E-state index contributed by atoms with van der Waals surface area (Å²) in [5, 5.41) is 6.33. The first kappa shape index (κ1) is 13.8. The van der Waals surface area contributed by atoms with Crippen molar-refractivity contribution in [1.29, 1.82) is 0 Å². The van der Waals surface area contributed by atoms with Gasteiger partial charge in [0.15, 0.2) is 0 Å². The maximum absolute atomic E-state index is 11.9. The molecule has 0 spiro atoms. The highest BCUT2D eigenvalue weighted by molar-refractivity contribution is 5.93. The van der Waals surface area contributed by atoms with Gasteiger partial charge in [0.1, 0.15) is 18.1 Å². The van der Waals surface area contributed by atoms with E-state index in [1.165, 1.54) is 6.92 Å². The van der Waals surface area contributed by atoms with Gasteiger partial charge in [0, 0.05) is 18.7 Å². The van der Waals surface area contributed by atoms with Gasteiger partial charge in [-0.05, 0) is 25.1 Å². The Kier molecular flexibility index (Phi) is 4.14. The number of amides is 1. The summed E-state index contributed by atoms with van der Waals surface area (Å²) in [6.45, 7) is 3.20. The number of aromatic nitrogens is 1. The Morgan fingerprint density at radius 1 is 1.35 bits per heavy atom. The summed E-state index contributed by atoms with van der Waals surface area (Å²) in [6, 6.07) is 8.22. The predicted octanol–water partition coefficient (Wildman–Crippen LogP) is 2.30. The van der Waals surface area contributed by atoms with E-state index in [-0.39, 0.29) is 12.5 Å². The standard InChI is InChI=1S/C14H14N2O4/c1-9-6-13(16-20-9)8-19-14(18)11-4-3-5-12(7-11)15-10(2)17/h3-7H,8H2,1-2H3,(H,15,17). The van der Waals surface area contributed by atoms with Crippen LogP contribution in [0.4, 0.5) is 5.69 Å². The Hall–Kier alpha value is -2.63. The summed E-state index contributed by atoms with van der Waals surface area (Å²) >= 11 is 0. The molecule has 20 heavy (non-hydrogen) atoms. The second kappa shape index (κ2) is 6.01. The third-order valence-corrected chi connectivity index (χ3v) is 2.45. The summed E-state index contributed by atoms with van der Waals surface area (Å²) in [5.41, 5.74) is 1.45. The minimum absolute atomic E-state index is 0.0422. The molecule has 6 nitrogen and oxygen atoms in total. The molecule has 0 aliphatic heterocycles. The summed E-state index contributed by atoms with van der Waals surface area (Å²) < 4.78 is 9.99. The lowest BCUT2D eigenvalue weighted by atomic mass is 10.2. The molecule has 0 bridgehead atoms. The molecule has 0 unspecified atom stereocenters. The number of nitrogens with one attached hydrogen (secondary N) is 1. The lowest BCUT2D eigenvalue weighted by Crippen LogP contribution is -2.09. The molecule has 0 aliphatic rings. The molecule has 1 heterocycles. The minimum Gasteiger partial charge on any atom is -0.455 e. The number of hydrogen-bond donors (Lipinski definition) is 1. The molecular formula is C14H14N2O4. The Morgan fingerprint density at radius 2 is 2.15 bits per heavy atom. The maximum atomic E-state index is 11.9. The van der Waals surface area contributed by atoms with Gasteiger partial charge >= 0.3 is 5.97 Å². The van der Waals surface area contributed by atoms with Gasteiger partial charge in [-0.25, -0.2) is 4.79 Å². The van der Waals surface area contributed by atoms with Crippen LogP contribution in [0.5, 0.6) is 0 Å². The van der Waals surface area contributed by atoms with Crippen LogP contribution in [0, 0.1) is 6.92 Å². The number of anilines is 1. The number of carbonyl (C=O) groups excluding carboxylic acids is 2. The average Bonchev–Trinajstić information content (AvgIpc) is 2.81. The van der Waals surface area contributed by atoms with Crippen LogP contribution in [0.1, 0.15) is 28.7 Å². The molecule has 1 aromatic carbocycles. The first-order valence-corrected chi connectivity index (χ1v) is 6.01. The van der Waals surface area contributed by atoms with E-state index in [9.17, 15) is 9.59 Å². The van der Waals surface area contributed by atoms with Crippen LogP contribution in [-0.4, -0.2) is 17.0 Å². The van der Waals surface area contributed by atoms with Crippen molar-refractivity contribution in [2.75, 3.05) is 5.32 Å². The van der Waals surface area contributed by atoms with E-state index in [1.807, 2.05) is 0 Å². The van der Waals surface area contributed by atoms with Crippen molar-refractivity contribution < 1.29 is 18.8 Å². The van der Waals surface area contributed by atoms with Crippen molar-refractivity contribution >= 4 is 17.6 Å². The lowest BCUT2D eigenvalue weighted by Gasteiger charge is -2.05. The van der Waals surface area contributed by atoms with Crippen molar-refractivity contribution in [3.05, 3.63) is 47.3 Å². The van der Waals surface area contributed by atoms with Crippen LogP contribution in [0.25, 0.3) is 0 Å². The highest BCUT2D eigenvalue weighted by Crippen LogP contribution is 2.12. The van der Waals surface area contributed by atoms with Gasteiger partial charge in [-0.3, -0.25) is 4.79 Å². The SMILES string of the molecule is CC(=O)Nc1cccc(C(=O)OCc2cc(C)on2)c1. The molecule has 0 atom stereocenters. The van der Waals surface area contributed by atoms with Crippen LogP contribution in [0.2, 0.25) is 0 Å². The highest BCUT2D eigenvalue weighted by atomic mass is 16.5. The van der Waals surface area contributed by atoms with Crippen molar-refractivity contribution in [3.8, 4) is 0 Å². The van der Waals surface area contributed by atoms with E-state index in [0.29, 0.717) is 22.7 Å². The number of esters is 1. The zero-order valence-corrected chi connectivity index (χ0v) is 11.2. The minimum atomic E-state index is -0.488. The van der Waals surface area contributed by atoms with Gasteiger partial charge < -0.3 is 14.6 Å². The molecule has 2 aromatic rings. The molecule has 0 saturated carbocycles. The van der Waals surface area contributed by atoms with E-state index in [0.717, 1.165) is 0 Å². The zero-order valence-electron chi connectivity index (χ0n) is 11.2. The van der Waals surface area contributed by atoms with Crippen molar-refractivity contribution in [3.63, 3.8) is 0 Å². The summed E-state index contributed by atoms with van der Waals surface area (Å²) in [7, 11) is 0. The monoisotopic (exact) mass is 274 g/mol. The van der Waals surface area contributed by atoms with E-state index < -0.39 is 5.97 Å². The quantitative estimate of drug-likeness (QED) is 0.865. The average molecular weight is 274 g/mol. The predicted molar refractivity (Wildman–Crippen MR) is 71.1 cm³/mol. The first-order valence-electron chi connectivity index (χ1n) is 6.01. The number of carbonyl (C=O) groups is 2. The Morgan fingerprint density at radius 3 is 2.80 bits per heavy atom. The number of benzene rings is 1. The molecular weight excluding hydrogens is 260 g/mol. The van der Waals surface area contributed by atoms with Gasteiger partial charge in [-0.15, -0.1) is 0 Å². The number of ether oxygens (including phenoxy) is 1. The Balaban J connectivity index is 1.99. The van der Waals surface area contributed by atoms with Gasteiger partial charge in [-0.1, -0.05) is 11.2 Å². The fourth-order valence-electron chi connectivity index (χ4n) is 1.64. The molecule has 2 rings (SSSR count). The molecule has 0 saturated heterocycles. The molecule has 6 heteroatoms. The second-order valence-corrected chi connectivity index (χ2v) is 4.27. The van der Waals surface area contributed by atoms with Gasteiger partial charge in [0.2, 0.25) is 5.91 Å². The molecule has 1 aromatic heterocycles. The van der Waals surface area contributed by atoms with Gasteiger partial charge in [-0.2, -0.15) is 0 Å². The molecule has 1 N–H and O–H groups in total. The van der Waals surface area contributed by atoms with Crippen LogP contribution in [0.3, 0.4) is 0 Å². The first-order chi connectivity index (χ1) is 9.54. The summed E-state index contributed by atoms with van der Waals surface area (Å²) in [4.78, 5) is 22.8. The fourth-order valence-corrected chi connectivity index (χ4v) is 1.64. The van der Waals surface area contributed by atoms with Crippen LogP contribution in [-0.2, 0) is 16.1 Å². The number of rotatable bonds is 4. The fraction of sp³-hybridized carbons (Fsp3) is 0.214. The number of hydrogen-bond acceptors (Lipinski definition) is 5. The number of aryl methyl sites for hydroxylation is 1. The smallest absolute Gasteiger partial charge is 0.338 e. The molecule has 0 aliphatic carbocycles. The highest BCUT2D eigenvalue weighted by Gasteiger charge is 2.10. The summed E-state index contributed by atoms with van der Waals surface area (Å²) in [5.74, 6) is -0.0323. The molecule has 104 valence electrons. The maximum Gasteiger partial charge on any atom is 0.338 e. The topological polar surface area (TPSA) is 81.4 Å². The van der Waals surface area contributed by atoms with Crippen molar-refractivity contribution in [2.45, 2.75) is 20.5 Å². The van der Waals surface area contributed by atoms with E-state index in [4.69, 9.17) is 9.26 Å². The lowest BCUT2D eigenvalue weighted by molar-refractivity contribution is -0.114. The third-order valence-electron chi connectivity index (χ3n) is 2.45. The van der Waals surface area contributed by atoms with Crippen LogP contribution >= 0.6 is 0 Å². The van der Waals surface area contributed by atoms with E-state index in [1.54, 1.807) is 37.3 Å². The van der Waals surface area contributed by atoms with Crippen LogP contribution in [0.15, 0.2) is 34.9 Å². The van der Waals surface area contributed by atoms with Gasteiger partial charge in [0.05, 0.1) is 5.56 Å². The van der Waals surface area contributed by atoms with Crippen molar-refractivity contribution in [1.82, 2.24) is 5.16 Å². The molecule has 0 radical (unpaired) electrons. The zero-order chi connectivity index (χ0) is 14.5. The normalized spacial score (nSPS) is 10.1. The molecule has 0 fully saturated rings.